The van der Waals surface area contributed by atoms with Crippen molar-refractivity contribution in [1.82, 2.24) is 0 Å². The van der Waals surface area contributed by atoms with E-state index >= 15 is 0 Å². The van der Waals surface area contributed by atoms with Gasteiger partial charge in [-0.1, -0.05) is 19.3 Å². The maximum atomic E-state index is 9.99. The molecule has 1 fully saturated rings. The topological polar surface area (TPSA) is 37.3 Å². The van der Waals surface area contributed by atoms with Gasteiger partial charge >= 0.3 is 0 Å². The molecule has 57 valence electrons. The monoisotopic (exact) mass is 141 g/mol. The summed E-state index contributed by atoms with van der Waals surface area (Å²) < 4.78 is 0. The van der Waals surface area contributed by atoms with Crippen molar-refractivity contribution in [1.29, 1.82) is 0 Å². The molecule has 1 aliphatic carbocycles. The predicted molar refractivity (Wildman–Crippen MR) is 38.3 cm³/mol. The molecule has 1 saturated carbocycles. The van der Waals surface area contributed by atoms with E-state index in [4.69, 9.17) is 0 Å². The van der Waals surface area contributed by atoms with Crippen molar-refractivity contribution in [2.24, 2.45) is 0 Å². The fourth-order valence-corrected chi connectivity index (χ4v) is 1.52. The van der Waals surface area contributed by atoms with E-state index in [2.05, 4.69) is 0 Å². The second-order valence-electron chi connectivity index (χ2n) is 3.11. The number of rotatable bonds is 2. The van der Waals surface area contributed by atoms with Gasteiger partial charge in [-0.2, -0.15) is 0 Å². The molecular weight excluding hydrogens is 128 g/mol. The molecule has 0 saturated heterocycles. The molecule has 0 aromatic heterocycles. The summed E-state index contributed by atoms with van der Waals surface area (Å²) in [4.78, 5) is 9.99. The average molecular weight is 141 g/mol. The molecular formula is C8H13O2. The van der Waals surface area contributed by atoms with Gasteiger partial charge in [0.05, 0.1) is 5.60 Å². The van der Waals surface area contributed by atoms with Gasteiger partial charge in [-0.25, -0.2) is 0 Å². The van der Waals surface area contributed by atoms with Crippen LogP contribution in [0.5, 0.6) is 0 Å². The van der Waals surface area contributed by atoms with Crippen molar-refractivity contribution in [3.63, 3.8) is 0 Å². The Balaban J connectivity index is 2.39. The third-order valence-corrected chi connectivity index (χ3v) is 2.19. The molecule has 1 aliphatic rings. The Hall–Kier alpha value is -0.370. The van der Waals surface area contributed by atoms with Crippen LogP contribution in [0.4, 0.5) is 0 Å². The zero-order valence-electron chi connectivity index (χ0n) is 6.10. The third kappa shape index (κ3) is 1.81. The summed E-state index contributed by atoms with van der Waals surface area (Å²) in [6.07, 6.45) is 6.84. The van der Waals surface area contributed by atoms with E-state index in [-0.39, 0.29) is 6.42 Å². The Morgan fingerprint density at radius 3 is 2.40 bits per heavy atom. The summed E-state index contributed by atoms with van der Waals surface area (Å²) in [6.45, 7) is 0. The number of carbonyl (C=O) groups excluding carboxylic acids is 1. The summed E-state index contributed by atoms with van der Waals surface area (Å²) in [5.41, 5.74) is -0.694. The van der Waals surface area contributed by atoms with Crippen LogP contribution >= 0.6 is 0 Å². The van der Waals surface area contributed by atoms with Crippen LogP contribution in [0.1, 0.15) is 38.5 Å². The highest BCUT2D eigenvalue weighted by Gasteiger charge is 2.28. The van der Waals surface area contributed by atoms with Gasteiger partial charge < -0.3 is 5.11 Å². The van der Waals surface area contributed by atoms with E-state index in [9.17, 15) is 9.90 Å². The second-order valence-corrected chi connectivity index (χ2v) is 3.11. The molecule has 10 heavy (non-hydrogen) atoms. The van der Waals surface area contributed by atoms with Gasteiger partial charge in [0.1, 0.15) is 0 Å². The molecule has 0 spiro atoms. The van der Waals surface area contributed by atoms with Crippen LogP contribution in [0.3, 0.4) is 0 Å². The first-order valence-electron chi connectivity index (χ1n) is 3.84. The third-order valence-electron chi connectivity index (χ3n) is 2.19. The van der Waals surface area contributed by atoms with Crippen LogP contribution in [0.25, 0.3) is 0 Å². The summed E-state index contributed by atoms with van der Waals surface area (Å²) in [5, 5.41) is 9.61. The fourth-order valence-electron chi connectivity index (χ4n) is 1.52. The quantitative estimate of drug-likeness (QED) is 0.627. The lowest BCUT2D eigenvalue weighted by Crippen LogP contribution is -2.31. The predicted octanol–water partition coefficient (Wildman–Crippen LogP) is 1.18. The van der Waals surface area contributed by atoms with Crippen molar-refractivity contribution in [2.45, 2.75) is 44.1 Å². The lowest BCUT2D eigenvalue weighted by atomic mass is 9.83. The minimum atomic E-state index is -0.694. The van der Waals surface area contributed by atoms with E-state index in [0.29, 0.717) is 0 Å². The molecule has 0 aliphatic heterocycles. The van der Waals surface area contributed by atoms with Crippen molar-refractivity contribution in [3.05, 3.63) is 0 Å². The van der Waals surface area contributed by atoms with E-state index in [0.717, 1.165) is 25.7 Å². The molecule has 0 bridgehead atoms. The lowest BCUT2D eigenvalue weighted by Gasteiger charge is -2.29. The Morgan fingerprint density at radius 1 is 1.30 bits per heavy atom. The largest absolute Gasteiger partial charge is 0.389 e. The number of hydrogen-bond donors (Lipinski definition) is 1. The molecule has 0 aromatic rings. The van der Waals surface area contributed by atoms with Gasteiger partial charge in [0.25, 0.3) is 0 Å². The van der Waals surface area contributed by atoms with E-state index in [1.54, 1.807) is 6.29 Å². The minimum Gasteiger partial charge on any atom is -0.389 e. The lowest BCUT2D eigenvalue weighted by molar-refractivity contribution is 0.0107. The highest BCUT2D eigenvalue weighted by Crippen LogP contribution is 2.29. The Labute approximate surface area is 61.2 Å². The molecule has 2 heteroatoms. The SMILES string of the molecule is O=[C]CC1(O)CCCCC1. The highest BCUT2D eigenvalue weighted by molar-refractivity contribution is 5.52. The zero-order chi connectivity index (χ0) is 7.45. The first-order valence-corrected chi connectivity index (χ1v) is 3.84. The molecule has 0 atom stereocenters. The number of hydrogen-bond acceptors (Lipinski definition) is 2. The summed E-state index contributed by atoms with van der Waals surface area (Å²) >= 11 is 0. The Morgan fingerprint density at radius 2 is 1.90 bits per heavy atom. The normalized spacial score (nSPS) is 24.1. The molecule has 0 heterocycles. The zero-order valence-corrected chi connectivity index (χ0v) is 6.10. The van der Waals surface area contributed by atoms with Crippen molar-refractivity contribution >= 4 is 6.29 Å². The van der Waals surface area contributed by atoms with E-state index in [1.807, 2.05) is 0 Å². The van der Waals surface area contributed by atoms with Crippen molar-refractivity contribution < 1.29 is 9.90 Å². The van der Waals surface area contributed by atoms with Crippen LogP contribution in [0.15, 0.2) is 0 Å². The van der Waals surface area contributed by atoms with Crippen LogP contribution in [-0.4, -0.2) is 17.0 Å². The van der Waals surface area contributed by atoms with E-state index < -0.39 is 5.60 Å². The molecule has 0 amide bonds. The van der Waals surface area contributed by atoms with Gasteiger partial charge in [-0.15, -0.1) is 0 Å². The van der Waals surface area contributed by atoms with Crippen LogP contribution in [0, 0.1) is 0 Å². The van der Waals surface area contributed by atoms with Crippen molar-refractivity contribution in [2.75, 3.05) is 0 Å². The number of aliphatic hydroxyl groups is 1. The van der Waals surface area contributed by atoms with Gasteiger partial charge in [0, 0.05) is 6.42 Å². The van der Waals surface area contributed by atoms with Gasteiger partial charge in [0.15, 0.2) is 0 Å². The first kappa shape index (κ1) is 7.73. The summed E-state index contributed by atoms with van der Waals surface area (Å²) in [5.74, 6) is 0. The summed E-state index contributed by atoms with van der Waals surface area (Å²) in [6, 6.07) is 0. The van der Waals surface area contributed by atoms with Crippen LogP contribution < -0.4 is 0 Å². The van der Waals surface area contributed by atoms with Crippen LogP contribution in [0.2, 0.25) is 0 Å². The van der Waals surface area contributed by atoms with Crippen molar-refractivity contribution in [3.8, 4) is 0 Å². The van der Waals surface area contributed by atoms with Gasteiger partial charge in [-0.05, 0) is 12.8 Å². The van der Waals surface area contributed by atoms with Gasteiger partial charge in [-0.3, -0.25) is 4.79 Å². The molecule has 2 nitrogen and oxygen atoms in total. The van der Waals surface area contributed by atoms with Crippen LogP contribution in [-0.2, 0) is 4.79 Å². The average Bonchev–Trinajstić information content (AvgIpc) is 1.89. The Kier molecular flexibility index (Phi) is 2.44. The summed E-state index contributed by atoms with van der Waals surface area (Å²) in [7, 11) is 0. The first-order chi connectivity index (χ1) is 4.77. The Bertz CT molecular complexity index is 114. The maximum absolute atomic E-state index is 9.99. The minimum absolute atomic E-state index is 0.201. The maximum Gasteiger partial charge on any atom is 0.201 e. The fraction of sp³-hybridized carbons (Fsp3) is 0.875. The molecule has 1 radical (unpaired) electrons. The molecule has 0 unspecified atom stereocenters. The standard InChI is InChI=1S/C8H13O2/c9-7-6-8(10)4-2-1-3-5-8/h10H,1-6H2. The second kappa shape index (κ2) is 3.15. The highest BCUT2D eigenvalue weighted by atomic mass is 16.3. The molecule has 1 N–H and O–H groups in total. The van der Waals surface area contributed by atoms with E-state index in [1.165, 1.54) is 6.42 Å². The van der Waals surface area contributed by atoms with Gasteiger partial charge in [0.2, 0.25) is 6.29 Å². The molecule has 1 rings (SSSR count). The molecule has 0 aromatic carbocycles. The smallest absolute Gasteiger partial charge is 0.201 e.